The average Bonchev–Trinajstić information content (AvgIpc) is 2.98. The number of rotatable bonds is 4. The van der Waals surface area contributed by atoms with Crippen LogP contribution in [0, 0.1) is 12.7 Å². The van der Waals surface area contributed by atoms with Crippen LogP contribution in [-0.4, -0.2) is 40.8 Å². The monoisotopic (exact) mass is 361 g/mol. The third-order valence-corrected chi connectivity index (χ3v) is 5.43. The van der Waals surface area contributed by atoms with Crippen LogP contribution in [-0.2, 0) is 4.79 Å². The van der Waals surface area contributed by atoms with Crippen LogP contribution in [0.3, 0.4) is 0 Å². The molecule has 1 fully saturated rings. The lowest BCUT2D eigenvalue weighted by Gasteiger charge is -2.34. The normalized spacial score (nSPS) is 17.5. The first kappa shape index (κ1) is 17.5. The van der Waals surface area contributed by atoms with Crippen molar-refractivity contribution in [2.24, 2.45) is 0 Å². The molecule has 1 N–H and O–H groups in total. The second-order valence-electron chi connectivity index (χ2n) is 6.03. The molecule has 2 aromatic rings. The Labute approximate surface area is 149 Å². The smallest absolute Gasteiger partial charge is 0.266 e. The summed E-state index contributed by atoms with van der Waals surface area (Å²) in [6, 6.07) is 5.62. The molecule has 1 aliphatic heterocycles. The van der Waals surface area contributed by atoms with Gasteiger partial charge >= 0.3 is 0 Å². The minimum absolute atomic E-state index is 0.0950. The number of aryl methyl sites for hydroxylation is 1. The second kappa shape index (κ2) is 7.31. The number of benzene rings is 1. The molecule has 3 rings (SSSR count). The number of hydrogen-bond acceptors (Lipinski definition) is 4. The minimum Gasteiger partial charge on any atom is -0.353 e. The van der Waals surface area contributed by atoms with E-state index in [9.17, 15) is 14.0 Å². The van der Waals surface area contributed by atoms with Crippen LogP contribution >= 0.6 is 11.3 Å². The zero-order valence-corrected chi connectivity index (χ0v) is 15.0. The zero-order chi connectivity index (χ0) is 18.0. The lowest BCUT2D eigenvalue weighted by Crippen LogP contribution is -2.57. The molecular formula is C18H20FN3O2S. The number of piperazine rings is 1. The van der Waals surface area contributed by atoms with Crippen LogP contribution in [0.4, 0.5) is 4.39 Å². The van der Waals surface area contributed by atoms with Gasteiger partial charge in [0.05, 0.1) is 5.69 Å². The van der Waals surface area contributed by atoms with Crippen LogP contribution in [0.2, 0.25) is 0 Å². The van der Waals surface area contributed by atoms with E-state index in [1.54, 1.807) is 24.0 Å². The van der Waals surface area contributed by atoms with Gasteiger partial charge in [-0.3, -0.25) is 9.59 Å². The lowest BCUT2D eigenvalue weighted by molar-refractivity contribution is -0.128. The van der Waals surface area contributed by atoms with Crippen molar-refractivity contribution in [3.63, 3.8) is 0 Å². The lowest BCUT2D eigenvalue weighted by atomic mass is 10.1. The predicted octanol–water partition coefficient (Wildman–Crippen LogP) is 3.00. The van der Waals surface area contributed by atoms with E-state index in [2.05, 4.69) is 10.3 Å². The first-order valence-electron chi connectivity index (χ1n) is 8.33. The summed E-state index contributed by atoms with van der Waals surface area (Å²) in [5.41, 5.74) is 1.41. The maximum absolute atomic E-state index is 13.1. The van der Waals surface area contributed by atoms with Gasteiger partial charge in [0.15, 0.2) is 0 Å². The molecule has 5 nitrogen and oxygen atoms in total. The maximum atomic E-state index is 13.1. The minimum atomic E-state index is -0.429. The van der Waals surface area contributed by atoms with Crippen LogP contribution in [0.1, 0.15) is 35.1 Å². The summed E-state index contributed by atoms with van der Waals surface area (Å²) >= 11 is 1.29. The summed E-state index contributed by atoms with van der Waals surface area (Å²) in [4.78, 5) is 31.8. The summed E-state index contributed by atoms with van der Waals surface area (Å²) < 4.78 is 13.1. The highest BCUT2D eigenvalue weighted by atomic mass is 32.1. The van der Waals surface area contributed by atoms with E-state index >= 15 is 0 Å². The fraction of sp³-hybridized carbons (Fsp3) is 0.389. The van der Waals surface area contributed by atoms with Gasteiger partial charge in [0.2, 0.25) is 5.91 Å². The van der Waals surface area contributed by atoms with E-state index < -0.39 is 6.04 Å². The van der Waals surface area contributed by atoms with Gasteiger partial charge < -0.3 is 10.2 Å². The number of hydrogen-bond donors (Lipinski definition) is 1. The SMILES string of the molecule is CCC[C@H]1C(=O)NCCN1C(=O)c1sc(-c2ccc(F)cc2)nc1C. The van der Waals surface area contributed by atoms with Gasteiger partial charge in [-0.05, 0) is 37.6 Å². The molecule has 1 aromatic heterocycles. The van der Waals surface area contributed by atoms with E-state index in [-0.39, 0.29) is 17.6 Å². The molecule has 0 aliphatic carbocycles. The summed E-state index contributed by atoms with van der Waals surface area (Å²) in [5.74, 6) is -0.561. The van der Waals surface area contributed by atoms with Crippen LogP contribution < -0.4 is 5.32 Å². The number of amides is 2. The Balaban J connectivity index is 1.89. The number of nitrogens with zero attached hydrogens (tertiary/aromatic N) is 2. The molecule has 25 heavy (non-hydrogen) atoms. The number of carbonyl (C=O) groups is 2. The molecule has 0 unspecified atom stereocenters. The second-order valence-corrected chi connectivity index (χ2v) is 7.03. The Morgan fingerprint density at radius 2 is 2.12 bits per heavy atom. The molecule has 1 aromatic carbocycles. The summed E-state index contributed by atoms with van der Waals surface area (Å²) in [6.45, 7) is 4.75. The molecule has 0 bridgehead atoms. The highest BCUT2D eigenvalue weighted by Crippen LogP contribution is 2.30. The van der Waals surface area contributed by atoms with Gasteiger partial charge in [-0.25, -0.2) is 9.37 Å². The third kappa shape index (κ3) is 3.56. The number of thiazole rings is 1. The molecule has 0 spiro atoms. The maximum Gasteiger partial charge on any atom is 0.266 e. The number of carbonyl (C=O) groups excluding carboxylic acids is 2. The molecule has 1 atom stereocenters. The Bertz CT molecular complexity index is 788. The predicted molar refractivity (Wildman–Crippen MR) is 95.0 cm³/mol. The van der Waals surface area contributed by atoms with Crippen molar-refractivity contribution in [2.45, 2.75) is 32.7 Å². The van der Waals surface area contributed by atoms with Crippen molar-refractivity contribution >= 4 is 23.2 Å². The molecule has 1 saturated heterocycles. The van der Waals surface area contributed by atoms with E-state index in [0.717, 1.165) is 12.0 Å². The van der Waals surface area contributed by atoms with Crippen molar-refractivity contribution in [1.29, 1.82) is 0 Å². The Morgan fingerprint density at radius 1 is 1.40 bits per heavy atom. The fourth-order valence-corrected chi connectivity index (χ4v) is 3.99. The van der Waals surface area contributed by atoms with Gasteiger partial charge in [0.1, 0.15) is 21.7 Å². The molecule has 132 valence electrons. The fourth-order valence-electron chi connectivity index (χ4n) is 2.96. The van der Waals surface area contributed by atoms with Crippen LogP contribution in [0.5, 0.6) is 0 Å². The molecule has 1 aliphatic rings. The van der Waals surface area contributed by atoms with E-state index in [4.69, 9.17) is 0 Å². The summed E-state index contributed by atoms with van der Waals surface area (Å²) in [5, 5.41) is 3.50. The topological polar surface area (TPSA) is 62.3 Å². The van der Waals surface area contributed by atoms with E-state index in [1.807, 2.05) is 6.92 Å². The first-order chi connectivity index (χ1) is 12.0. The standard InChI is InChI=1S/C18H20FN3O2S/c1-3-4-14-16(23)20-9-10-22(14)18(24)15-11(2)21-17(25-15)12-5-7-13(19)8-6-12/h5-8,14H,3-4,9-10H2,1-2H3,(H,20,23)/t14-/m0/s1. The quantitative estimate of drug-likeness (QED) is 0.911. The molecule has 0 saturated carbocycles. The van der Waals surface area contributed by atoms with Gasteiger partial charge in [-0.15, -0.1) is 11.3 Å². The zero-order valence-electron chi connectivity index (χ0n) is 14.2. The largest absolute Gasteiger partial charge is 0.353 e. The molecule has 2 amide bonds. The Kier molecular flexibility index (Phi) is 5.13. The molecule has 7 heteroatoms. The molecule has 2 heterocycles. The van der Waals surface area contributed by atoms with E-state index in [1.165, 1.54) is 23.5 Å². The van der Waals surface area contributed by atoms with Crippen molar-refractivity contribution in [3.8, 4) is 10.6 Å². The van der Waals surface area contributed by atoms with Gasteiger partial charge in [-0.1, -0.05) is 13.3 Å². The number of aromatic nitrogens is 1. The van der Waals surface area contributed by atoms with Crippen LogP contribution in [0.25, 0.3) is 10.6 Å². The average molecular weight is 361 g/mol. The highest BCUT2D eigenvalue weighted by Gasteiger charge is 2.34. The van der Waals surface area contributed by atoms with Gasteiger partial charge in [0.25, 0.3) is 5.91 Å². The van der Waals surface area contributed by atoms with Gasteiger partial charge in [0, 0.05) is 18.7 Å². The Hall–Kier alpha value is -2.28. The first-order valence-corrected chi connectivity index (χ1v) is 9.15. The van der Waals surface area contributed by atoms with Crippen molar-refractivity contribution in [1.82, 2.24) is 15.2 Å². The van der Waals surface area contributed by atoms with E-state index in [0.29, 0.717) is 35.1 Å². The Morgan fingerprint density at radius 3 is 2.80 bits per heavy atom. The summed E-state index contributed by atoms with van der Waals surface area (Å²) in [6.07, 6.45) is 1.46. The van der Waals surface area contributed by atoms with Crippen molar-refractivity contribution in [2.75, 3.05) is 13.1 Å². The van der Waals surface area contributed by atoms with Crippen LogP contribution in [0.15, 0.2) is 24.3 Å². The van der Waals surface area contributed by atoms with Crippen molar-refractivity contribution in [3.05, 3.63) is 40.7 Å². The number of nitrogens with one attached hydrogen (secondary N) is 1. The molecule has 0 radical (unpaired) electrons. The highest BCUT2D eigenvalue weighted by molar-refractivity contribution is 7.17. The molecular weight excluding hydrogens is 341 g/mol. The van der Waals surface area contributed by atoms with Gasteiger partial charge in [-0.2, -0.15) is 0 Å². The van der Waals surface area contributed by atoms with Crippen molar-refractivity contribution < 1.29 is 14.0 Å². The summed E-state index contributed by atoms with van der Waals surface area (Å²) in [7, 11) is 0. The third-order valence-electron chi connectivity index (χ3n) is 4.24. The number of halogens is 1.